The molecule has 0 aliphatic rings. The minimum atomic E-state index is -0.731. The third kappa shape index (κ3) is 6.66. The Bertz CT molecular complexity index is 634. The molecule has 5 heteroatoms. The number of likely N-dealkylation sites (N-methyl/N-ethyl adjacent to an activating group) is 1. The molecule has 0 aliphatic heterocycles. The summed E-state index contributed by atoms with van der Waals surface area (Å²) in [6, 6.07) is 18.9. The number of benzene rings is 2. The molecule has 0 saturated heterocycles. The minimum absolute atomic E-state index is 0.0986. The summed E-state index contributed by atoms with van der Waals surface area (Å²) < 4.78 is 5.50. The van der Waals surface area contributed by atoms with Crippen LogP contribution in [-0.2, 0) is 16.1 Å². The van der Waals surface area contributed by atoms with Gasteiger partial charge in [-0.1, -0.05) is 60.7 Å². The van der Waals surface area contributed by atoms with Gasteiger partial charge in [0.05, 0.1) is 19.3 Å². The van der Waals surface area contributed by atoms with Crippen LogP contribution < -0.4 is 5.73 Å². The number of nitrogens with two attached hydrogens (primary N) is 1. The summed E-state index contributed by atoms with van der Waals surface area (Å²) in [5.41, 5.74) is 8.05. The highest BCUT2D eigenvalue weighted by Crippen LogP contribution is 2.14. The molecule has 0 heterocycles. The van der Waals surface area contributed by atoms with E-state index in [2.05, 4.69) is 0 Å². The van der Waals surface area contributed by atoms with E-state index in [1.807, 2.05) is 60.7 Å². The highest BCUT2D eigenvalue weighted by atomic mass is 16.5. The van der Waals surface area contributed by atoms with Crippen LogP contribution in [0.3, 0.4) is 0 Å². The molecule has 0 bridgehead atoms. The van der Waals surface area contributed by atoms with Crippen LogP contribution in [0.2, 0.25) is 0 Å². The second kappa shape index (κ2) is 9.93. The first kappa shape index (κ1) is 19.1. The van der Waals surface area contributed by atoms with Gasteiger partial charge in [-0.25, -0.2) is 0 Å². The van der Waals surface area contributed by atoms with E-state index in [1.54, 1.807) is 7.05 Å². The van der Waals surface area contributed by atoms with Crippen molar-refractivity contribution >= 4 is 5.91 Å². The normalized spacial score (nSPS) is 13.2. The Kier molecular flexibility index (Phi) is 7.60. The average molecular weight is 342 g/mol. The molecule has 3 N–H and O–H groups in total. The third-order valence-corrected chi connectivity index (χ3v) is 3.95. The fourth-order valence-corrected chi connectivity index (χ4v) is 2.52. The number of carbonyl (C=O) groups excluding carboxylic acids is 1. The molecule has 0 aromatic heterocycles. The van der Waals surface area contributed by atoms with Crippen LogP contribution >= 0.6 is 0 Å². The zero-order valence-corrected chi connectivity index (χ0v) is 14.5. The molecule has 5 nitrogen and oxygen atoms in total. The Morgan fingerprint density at radius 2 is 1.72 bits per heavy atom. The van der Waals surface area contributed by atoms with Gasteiger partial charge < -0.3 is 20.5 Å². The third-order valence-electron chi connectivity index (χ3n) is 3.95. The van der Waals surface area contributed by atoms with Crippen molar-refractivity contribution in [1.29, 1.82) is 0 Å². The van der Waals surface area contributed by atoms with Crippen molar-refractivity contribution in [1.82, 2.24) is 4.90 Å². The molecule has 25 heavy (non-hydrogen) atoms. The number of rotatable bonds is 9. The van der Waals surface area contributed by atoms with Crippen molar-refractivity contribution < 1.29 is 14.6 Å². The van der Waals surface area contributed by atoms with Gasteiger partial charge in [0.15, 0.2) is 0 Å². The van der Waals surface area contributed by atoms with E-state index < -0.39 is 6.10 Å². The molecule has 0 aliphatic carbocycles. The molecule has 2 atom stereocenters. The predicted octanol–water partition coefficient (Wildman–Crippen LogP) is 2.11. The maximum Gasteiger partial charge on any atom is 0.224 e. The van der Waals surface area contributed by atoms with E-state index in [-0.39, 0.29) is 31.5 Å². The van der Waals surface area contributed by atoms with Crippen LogP contribution in [0.15, 0.2) is 60.7 Å². The molecule has 2 aromatic rings. The lowest BCUT2D eigenvalue weighted by Gasteiger charge is -2.22. The lowest BCUT2D eigenvalue weighted by Crippen LogP contribution is -2.37. The largest absolute Gasteiger partial charge is 0.389 e. The summed E-state index contributed by atoms with van der Waals surface area (Å²) in [4.78, 5) is 13.8. The van der Waals surface area contributed by atoms with E-state index in [0.717, 1.165) is 11.1 Å². The first-order valence-corrected chi connectivity index (χ1v) is 8.40. The van der Waals surface area contributed by atoms with E-state index in [0.29, 0.717) is 6.61 Å². The summed E-state index contributed by atoms with van der Waals surface area (Å²) in [5, 5.41) is 10.0. The number of aliphatic hydroxyl groups excluding tert-OH is 1. The average Bonchev–Trinajstić information content (AvgIpc) is 2.63. The van der Waals surface area contributed by atoms with E-state index in [4.69, 9.17) is 10.5 Å². The number of carbonyl (C=O) groups is 1. The molecular weight excluding hydrogens is 316 g/mol. The Morgan fingerprint density at radius 1 is 1.12 bits per heavy atom. The van der Waals surface area contributed by atoms with Crippen LogP contribution in [0.5, 0.6) is 0 Å². The smallest absolute Gasteiger partial charge is 0.224 e. The Labute approximate surface area is 149 Å². The van der Waals surface area contributed by atoms with E-state index >= 15 is 0 Å². The zero-order chi connectivity index (χ0) is 18.1. The summed E-state index contributed by atoms with van der Waals surface area (Å²) in [5.74, 6) is -0.0986. The van der Waals surface area contributed by atoms with Crippen LogP contribution in [0.1, 0.15) is 23.6 Å². The van der Waals surface area contributed by atoms with Crippen LogP contribution in [0.4, 0.5) is 0 Å². The molecular formula is C20H26N2O3. The molecule has 2 aromatic carbocycles. The van der Waals surface area contributed by atoms with Gasteiger partial charge in [-0.2, -0.15) is 0 Å². The van der Waals surface area contributed by atoms with Gasteiger partial charge in [0, 0.05) is 26.1 Å². The van der Waals surface area contributed by atoms with Crippen LogP contribution in [0, 0.1) is 0 Å². The summed E-state index contributed by atoms with van der Waals surface area (Å²) in [6.07, 6.45) is -0.524. The van der Waals surface area contributed by atoms with Crippen molar-refractivity contribution in [3.05, 3.63) is 71.8 Å². The fraction of sp³-hybridized carbons (Fsp3) is 0.350. The van der Waals surface area contributed by atoms with Crippen molar-refractivity contribution in [2.75, 3.05) is 20.2 Å². The van der Waals surface area contributed by atoms with Gasteiger partial charge in [-0.05, 0) is 11.1 Å². The molecule has 2 unspecified atom stereocenters. The van der Waals surface area contributed by atoms with Crippen molar-refractivity contribution in [3.63, 3.8) is 0 Å². The quantitative estimate of drug-likeness (QED) is 0.732. The first-order chi connectivity index (χ1) is 12.1. The zero-order valence-electron chi connectivity index (χ0n) is 14.5. The van der Waals surface area contributed by atoms with Crippen LogP contribution in [0.25, 0.3) is 0 Å². The standard InChI is InChI=1S/C20H26N2O3/c1-22(20(24)12-19(21)17-10-6-3-7-11-17)13-18(23)15-25-14-16-8-4-2-5-9-16/h2-11,18-19,23H,12-15,21H2,1H3. The molecule has 134 valence electrons. The number of aliphatic hydroxyl groups is 1. The maximum atomic E-state index is 12.3. The lowest BCUT2D eigenvalue weighted by molar-refractivity contribution is -0.132. The molecule has 0 fully saturated rings. The first-order valence-electron chi connectivity index (χ1n) is 8.40. The van der Waals surface area contributed by atoms with Gasteiger partial charge >= 0.3 is 0 Å². The summed E-state index contributed by atoms with van der Waals surface area (Å²) in [6.45, 7) is 0.834. The lowest BCUT2D eigenvalue weighted by atomic mass is 10.0. The summed E-state index contributed by atoms with van der Waals surface area (Å²) >= 11 is 0. The van der Waals surface area contributed by atoms with Crippen molar-refractivity contribution in [3.8, 4) is 0 Å². The summed E-state index contributed by atoms with van der Waals surface area (Å²) in [7, 11) is 1.67. The highest BCUT2D eigenvalue weighted by Gasteiger charge is 2.17. The number of amides is 1. The second-order valence-electron chi connectivity index (χ2n) is 6.15. The number of hydrogen-bond donors (Lipinski definition) is 2. The van der Waals surface area contributed by atoms with Gasteiger partial charge in [-0.15, -0.1) is 0 Å². The highest BCUT2D eigenvalue weighted by molar-refractivity contribution is 5.76. The van der Waals surface area contributed by atoms with Gasteiger partial charge in [0.1, 0.15) is 0 Å². The Balaban J connectivity index is 1.70. The fourth-order valence-electron chi connectivity index (χ4n) is 2.52. The van der Waals surface area contributed by atoms with Gasteiger partial charge in [-0.3, -0.25) is 4.79 Å². The van der Waals surface area contributed by atoms with Crippen LogP contribution in [-0.4, -0.2) is 42.2 Å². The predicted molar refractivity (Wildman–Crippen MR) is 97.7 cm³/mol. The minimum Gasteiger partial charge on any atom is -0.389 e. The number of hydrogen-bond acceptors (Lipinski definition) is 4. The van der Waals surface area contributed by atoms with Gasteiger partial charge in [0.25, 0.3) is 0 Å². The Hall–Kier alpha value is -2.21. The SMILES string of the molecule is CN(CC(O)COCc1ccccc1)C(=O)CC(N)c1ccccc1. The molecule has 1 amide bonds. The maximum absolute atomic E-state index is 12.3. The molecule has 0 radical (unpaired) electrons. The van der Waals surface area contributed by atoms with Crippen molar-refractivity contribution in [2.45, 2.75) is 25.2 Å². The number of ether oxygens (including phenoxy) is 1. The second-order valence-corrected chi connectivity index (χ2v) is 6.15. The van der Waals surface area contributed by atoms with E-state index in [1.165, 1.54) is 4.90 Å². The van der Waals surface area contributed by atoms with Crippen molar-refractivity contribution in [2.24, 2.45) is 5.73 Å². The monoisotopic (exact) mass is 342 g/mol. The van der Waals surface area contributed by atoms with E-state index in [9.17, 15) is 9.90 Å². The Morgan fingerprint density at radius 3 is 2.36 bits per heavy atom. The molecule has 2 rings (SSSR count). The molecule has 0 spiro atoms. The molecule has 0 saturated carbocycles. The van der Waals surface area contributed by atoms with Gasteiger partial charge in [0.2, 0.25) is 5.91 Å². The topological polar surface area (TPSA) is 75.8 Å². The number of nitrogens with zero attached hydrogens (tertiary/aromatic N) is 1.